The third-order valence-corrected chi connectivity index (χ3v) is 6.65. The fraction of sp³-hybridized carbons (Fsp3) is 0.409. The van der Waals surface area contributed by atoms with Crippen molar-refractivity contribution in [1.82, 2.24) is 15.0 Å². The second-order valence-corrected chi connectivity index (χ2v) is 9.12. The molecular formula is C22H21F4N5O2S. The Hall–Kier alpha value is -2.86. The summed E-state index contributed by atoms with van der Waals surface area (Å²) in [5.74, 6) is -5.98. The van der Waals surface area contributed by atoms with Crippen molar-refractivity contribution in [2.24, 2.45) is 5.92 Å². The van der Waals surface area contributed by atoms with Crippen LogP contribution >= 0.6 is 11.8 Å². The van der Waals surface area contributed by atoms with Crippen molar-refractivity contribution in [2.75, 3.05) is 23.5 Å². The summed E-state index contributed by atoms with van der Waals surface area (Å²) in [5.41, 5.74) is 2.20. The zero-order chi connectivity index (χ0) is 24.0. The molecule has 0 spiro atoms. The van der Waals surface area contributed by atoms with Crippen LogP contribution in [0, 0.1) is 5.92 Å². The molecule has 2 aromatic heterocycles. The number of benzene rings is 1. The minimum atomic E-state index is -3.04. The molecule has 180 valence electrons. The van der Waals surface area contributed by atoms with Gasteiger partial charge in [0.05, 0.1) is 17.5 Å². The lowest BCUT2D eigenvalue weighted by molar-refractivity contribution is -0.119. The van der Waals surface area contributed by atoms with E-state index >= 15 is 0 Å². The Labute approximate surface area is 196 Å². The third-order valence-electron chi connectivity index (χ3n) is 5.88. The molecule has 1 aromatic carbocycles. The van der Waals surface area contributed by atoms with Crippen molar-refractivity contribution in [3.63, 3.8) is 0 Å². The van der Waals surface area contributed by atoms with Crippen LogP contribution in [-0.2, 0) is 9.53 Å². The van der Waals surface area contributed by atoms with Crippen LogP contribution in [0.25, 0.3) is 11.2 Å². The predicted molar refractivity (Wildman–Crippen MR) is 120 cm³/mol. The maximum Gasteiger partial charge on any atom is 0.295 e. The van der Waals surface area contributed by atoms with E-state index in [1.807, 2.05) is 24.5 Å². The quantitative estimate of drug-likeness (QED) is 0.283. The van der Waals surface area contributed by atoms with Crippen LogP contribution in [0.4, 0.5) is 34.8 Å². The van der Waals surface area contributed by atoms with Crippen LogP contribution < -0.4 is 10.6 Å². The van der Waals surface area contributed by atoms with Gasteiger partial charge < -0.3 is 20.4 Å². The van der Waals surface area contributed by atoms with Gasteiger partial charge in [0.1, 0.15) is 17.3 Å². The zero-order valence-electron chi connectivity index (χ0n) is 18.0. The average Bonchev–Trinajstić information content (AvgIpc) is 3.21. The van der Waals surface area contributed by atoms with Gasteiger partial charge in [-0.05, 0) is 36.8 Å². The first-order valence-electron chi connectivity index (χ1n) is 10.7. The second kappa shape index (κ2) is 8.73. The highest BCUT2D eigenvalue weighted by molar-refractivity contribution is 7.98. The molecule has 3 aromatic rings. The van der Waals surface area contributed by atoms with Gasteiger partial charge in [-0.15, -0.1) is 11.8 Å². The number of thioether (sulfide) groups is 1. The lowest BCUT2D eigenvalue weighted by Crippen LogP contribution is -2.18. The van der Waals surface area contributed by atoms with Gasteiger partial charge in [0.25, 0.3) is 12.3 Å². The average molecular weight is 496 g/mol. The Bertz CT molecular complexity index is 1250. The monoisotopic (exact) mass is 495 g/mol. The van der Waals surface area contributed by atoms with Crippen LogP contribution in [0.1, 0.15) is 43.2 Å². The van der Waals surface area contributed by atoms with Gasteiger partial charge in [-0.2, -0.15) is 0 Å². The molecule has 34 heavy (non-hydrogen) atoms. The van der Waals surface area contributed by atoms with Crippen LogP contribution in [0.2, 0.25) is 0 Å². The summed E-state index contributed by atoms with van der Waals surface area (Å²) in [4.78, 5) is 23.5. The molecule has 0 bridgehead atoms. The molecule has 0 radical (unpaired) electrons. The number of carbonyl (C=O) groups is 1. The molecule has 1 saturated heterocycles. The number of nitrogens with zero attached hydrogens (tertiary/aromatic N) is 2. The number of aromatic amines is 1. The molecule has 2 atom stereocenters. The number of imidazole rings is 1. The largest absolute Gasteiger partial charge is 0.374 e. The fourth-order valence-corrected chi connectivity index (χ4v) is 4.57. The molecule has 2 aliphatic rings. The first kappa shape index (κ1) is 22.9. The molecule has 1 amide bonds. The van der Waals surface area contributed by atoms with Crippen molar-refractivity contribution in [2.45, 2.75) is 42.6 Å². The topological polar surface area (TPSA) is 91.9 Å². The van der Waals surface area contributed by atoms with Crippen LogP contribution in [0.15, 0.2) is 29.2 Å². The van der Waals surface area contributed by atoms with Gasteiger partial charge in [-0.25, -0.2) is 27.5 Å². The summed E-state index contributed by atoms with van der Waals surface area (Å²) in [6, 6.07) is 7.22. The van der Waals surface area contributed by atoms with Gasteiger partial charge >= 0.3 is 0 Å². The number of halogens is 4. The van der Waals surface area contributed by atoms with Gasteiger partial charge in [-0.1, -0.05) is 6.07 Å². The van der Waals surface area contributed by atoms with E-state index in [2.05, 4.69) is 25.6 Å². The van der Waals surface area contributed by atoms with E-state index in [9.17, 15) is 22.4 Å². The van der Waals surface area contributed by atoms with Crippen molar-refractivity contribution < 1.29 is 27.1 Å². The zero-order valence-corrected chi connectivity index (χ0v) is 18.8. The lowest BCUT2D eigenvalue weighted by Gasteiger charge is -2.16. The number of pyridine rings is 1. The number of fused-ring (bicyclic) bond motifs is 1. The number of aromatic nitrogens is 3. The van der Waals surface area contributed by atoms with Crippen LogP contribution in [0.5, 0.6) is 0 Å². The van der Waals surface area contributed by atoms with E-state index in [1.54, 1.807) is 0 Å². The van der Waals surface area contributed by atoms with Crippen LogP contribution in [-0.4, -0.2) is 39.6 Å². The summed E-state index contributed by atoms with van der Waals surface area (Å²) in [6.07, 6.45) is 0.502. The van der Waals surface area contributed by atoms with E-state index in [0.29, 0.717) is 11.4 Å². The van der Waals surface area contributed by atoms with Gasteiger partial charge in [0, 0.05) is 24.0 Å². The minimum Gasteiger partial charge on any atom is -0.374 e. The highest BCUT2D eigenvalue weighted by Crippen LogP contribution is 2.49. The van der Waals surface area contributed by atoms with Crippen molar-refractivity contribution in [3.05, 3.63) is 35.7 Å². The Balaban J connectivity index is 1.49. The molecule has 2 fully saturated rings. The molecule has 12 heteroatoms. The van der Waals surface area contributed by atoms with E-state index < -0.39 is 36.4 Å². The Morgan fingerprint density at radius 1 is 1.26 bits per heavy atom. The summed E-state index contributed by atoms with van der Waals surface area (Å²) in [7, 11) is 0. The molecule has 1 unspecified atom stereocenters. The third kappa shape index (κ3) is 4.43. The summed E-state index contributed by atoms with van der Waals surface area (Å²) in [5, 5.41) is 5.55. The second-order valence-electron chi connectivity index (χ2n) is 8.27. The molecule has 3 N–H and O–H groups in total. The lowest BCUT2D eigenvalue weighted by atomic mass is 10.1. The maximum atomic E-state index is 13.3. The number of hydrogen-bond donors (Lipinski definition) is 3. The number of rotatable bonds is 7. The number of anilines is 3. The molecule has 5 rings (SSSR count). The normalized spacial score (nSPS) is 21.2. The Morgan fingerprint density at radius 3 is 2.71 bits per heavy atom. The van der Waals surface area contributed by atoms with E-state index in [-0.39, 0.29) is 23.1 Å². The van der Waals surface area contributed by atoms with Gasteiger partial charge in [0.15, 0.2) is 11.5 Å². The van der Waals surface area contributed by atoms with Crippen molar-refractivity contribution in [3.8, 4) is 0 Å². The predicted octanol–water partition coefficient (Wildman–Crippen LogP) is 5.81. The number of hydrogen-bond acceptors (Lipinski definition) is 6. The SMILES string of the molecule is CSc1cc(C2CCCO2)ccc1Nc1cc(NC(=O)[C@H]2CC2(F)F)nc2nc(C(F)F)[nH]c12. The number of ether oxygens (including phenoxy) is 1. The summed E-state index contributed by atoms with van der Waals surface area (Å²) >= 11 is 1.50. The summed E-state index contributed by atoms with van der Waals surface area (Å²) < 4.78 is 58.9. The first-order chi connectivity index (χ1) is 16.2. The van der Waals surface area contributed by atoms with E-state index in [1.165, 1.54) is 17.8 Å². The highest BCUT2D eigenvalue weighted by atomic mass is 32.2. The number of H-pyrrole nitrogens is 1. The van der Waals surface area contributed by atoms with E-state index in [0.717, 1.165) is 29.9 Å². The molecule has 1 aliphatic heterocycles. The molecule has 3 heterocycles. The van der Waals surface area contributed by atoms with E-state index in [4.69, 9.17) is 4.74 Å². The fourth-order valence-electron chi connectivity index (χ4n) is 3.98. The highest BCUT2D eigenvalue weighted by Gasteiger charge is 2.61. The number of alkyl halides is 4. The van der Waals surface area contributed by atoms with Crippen molar-refractivity contribution in [1.29, 1.82) is 0 Å². The molecular weight excluding hydrogens is 474 g/mol. The standard InChI is InChI=1S/C22H21F4N5O2S/c1-34-15-7-10(14-3-2-6-33-14)4-5-12(15)27-13-8-16(29-21(32)11-9-22(11,25)26)28-19-17(13)30-20(31-19)18(23)24/h4-5,7-8,11,14,18H,2-3,6,9H2,1H3,(H3,27,28,29,30,31,32)/t11-,14?/m1/s1. The number of carbonyl (C=O) groups excluding carboxylic acids is 1. The summed E-state index contributed by atoms with van der Waals surface area (Å²) in [6.45, 7) is 0.724. The minimum absolute atomic E-state index is 0.0381. The van der Waals surface area contributed by atoms with Crippen molar-refractivity contribution >= 4 is 46.0 Å². The molecule has 1 aliphatic carbocycles. The molecule has 1 saturated carbocycles. The number of amides is 1. The first-order valence-corrected chi connectivity index (χ1v) is 11.9. The van der Waals surface area contributed by atoms with Gasteiger partial charge in [0.2, 0.25) is 5.91 Å². The smallest absolute Gasteiger partial charge is 0.295 e. The van der Waals surface area contributed by atoms with Crippen LogP contribution in [0.3, 0.4) is 0 Å². The Kier molecular flexibility index (Phi) is 5.88. The molecule has 7 nitrogen and oxygen atoms in total. The number of nitrogens with one attached hydrogen (secondary N) is 3. The maximum absolute atomic E-state index is 13.3. The van der Waals surface area contributed by atoms with Gasteiger partial charge in [-0.3, -0.25) is 4.79 Å². The Morgan fingerprint density at radius 2 is 2.06 bits per heavy atom.